The van der Waals surface area contributed by atoms with Crippen LogP contribution >= 0.6 is 0 Å². The van der Waals surface area contributed by atoms with Gasteiger partial charge in [0, 0.05) is 24.7 Å². The first-order chi connectivity index (χ1) is 12.5. The first-order valence-electron chi connectivity index (χ1n) is 8.29. The number of halogens is 2. The molecule has 2 aromatic carbocycles. The van der Waals surface area contributed by atoms with Crippen LogP contribution in [0.25, 0.3) is 0 Å². The van der Waals surface area contributed by atoms with Gasteiger partial charge in [0.2, 0.25) is 15.9 Å². The fourth-order valence-corrected chi connectivity index (χ4v) is 3.83. The molecule has 1 amide bonds. The molecule has 0 unspecified atom stereocenters. The SMILES string of the molecule is Cc1cc(C)c(NC(=O)CCN(c2ccc(F)c(F)c2)S(C)(=O)=O)c(C)c1. The number of carbonyl (C=O) groups excluding carboxylic acids is 1. The van der Waals surface area contributed by atoms with Crippen molar-refractivity contribution >= 4 is 27.3 Å². The lowest BCUT2D eigenvalue weighted by Gasteiger charge is -2.22. The molecule has 0 radical (unpaired) electrons. The quantitative estimate of drug-likeness (QED) is 0.810. The Labute approximate surface area is 158 Å². The minimum atomic E-state index is -3.77. The van der Waals surface area contributed by atoms with Crippen LogP contribution in [-0.2, 0) is 14.8 Å². The normalized spacial score (nSPS) is 11.3. The molecule has 0 bridgehead atoms. The Balaban J connectivity index is 2.16. The molecule has 27 heavy (non-hydrogen) atoms. The lowest BCUT2D eigenvalue weighted by molar-refractivity contribution is -0.116. The maximum Gasteiger partial charge on any atom is 0.232 e. The highest BCUT2D eigenvalue weighted by atomic mass is 32.2. The maximum atomic E-state index is 13.5. The summed E-state index contributed by atoms with van der Waals surface area (Å²) in [5.41, 5.74) is 3.53. The Kier molecular flexibility index (Phi) is 6.20. The zero-order valence-electron chi connectivity index (χ0n) is 15.6. The number of sulfonamides is 1. The van der Waals surface area contributed by atoms with Gasteiger partial charge in [-0.3, -0.25) is 9.10 Å². The van der Waals surface area contributed by atoms with Gasteiger partial charge in [-0.1, -0.05) is 17.7 Å². The molecule has 0 spiro atoms. The van der Waals surface area contributed by atoms with E-state index in [1.54, 1.807) is 0 Å². The number of nitrogens with one attached hydrogen (secondary N) is 1. The maximum absolute atomic E-state index is 13.5. The zero-order chi connectivity index (χ0) is 20.4. The molecule has 0 atom stereocenters. The van der Waals surface area contributed by atoms with E-state index in [9.17, 15) is 22.0 Å². The van der Waals surface area contributed by atoms with E-state index in [0.717, 1.165) is 45.5 Å². The van der Waals surface area contributed by atoms with Gasteiger partial charge in [0.05, 0.1) is 11.9 Å². The topological polar surface area (TPSA) is 66.5 Å². The van der Waals surface area contributed by atoms with Crippen LogP contribution in [0.15, 0.2) is 30.3 Å². The van der Waals surface area contributed by atoms with Crippen LogP contribution in [0, 0.1) is 32.4 Å². The molecule has 0 aliphatic rings. The fraction of sp³-hybridized carbons (Fsp3) is 0.316. The zero-order valence-corrected chi connectivity index (χ0v) is 16.5. The summed E-state index contributed by atoms with van der Waals surface area (Å²) in [7, 11) is -3.77. The first-order valence-corrected chi connectivity index (χ1v) is 10.1. The predicted octanol–water partition coefficient (Wildman–Crippen LogP) is 3.68. The Hall–Kier alpha value is -2.48. The number of amides is 1. The minimum absolute atomic E-state index is 0.0353. The predicted molar refractivity (Wildman–Crippen MR) is 102 cm³/mol. The number of rotatable bonds is 6. The van der Waals surface area contributed by atoms with Crippen molar-refractivity contribution in [3.8, 4) is 0 Å². The van der Waals surface area contributed by atoms with E-state index in [4.69, 9.17) is 0 Å². The molecule has 0 heterocycles. The van der Waals surface area contributed by atoms with E-state index in [1.807, 2.05) is 32.9 Å². The highest BCUT2D eigenvalue weighted by Crippen LogP contribution is 2.23. The van der Waals surface area contributed by atoms with Gasteiger partial charge >= 0.3 is 0 Å². The fourth-order valence-electron chi connectivity index (χ4n) is 2.91. The Bertz CT molecular complexity index is 952. The van der Waals surface area contributed by atoms with Crippen molar-refractivity contribution in [1.82, 2.24) is 0 Å². The van der Waals surface area contributed by atoms with Gasteiger partial charge in [0.25, 0.3) is 0 Å². The average molecular weight is 396 g/mol. The molecular formula is C19H22F2N2O3S. The molecule has 0 aliphatic heterocycles. The van der Waals surface area contributed by atoms with Crippen LogP contribution in [0.4, 0.5) is 20.2 Å². The van der Waals surface area contributed by atoms with E-state index in [0.29, 0.717) is 5.69 Å². The van der Waals surface area contributed by atoms with Crippen molar-refractivity contribution in [3.05, 3.63) is 58.7 Å². The smallest absolute Gasteiger partial charge is 0.232 e. The van der Waals surface area contributed by atoms with E-state index in [-0.39, 0.29) is 24.6 Å². The van der Waals surface area contributed by atoms with Gasteiger partial charge in [0.1, 0.15) is 0 Å². The highest BCUT2D eigenvalue weighted by Gasteiger charge is 2.20. The number of hydrogen-bond donors (Lipinski definition) is 1. The standard InChI is InChI=1S/C19H22F2N2O3S/c1-12-9-13(2)19(14(3)10-12)22-18(24)7-8-23(27(4,25)26)15-5-6-16(20)17(21)11-15/h5-6,9-11H,7-8H2,1-4H3,(H,22,24). The number of carbonyl (C=O) groups is 1. The second-order valence-corrected chi connectivity index (χ2v) is 8.41. The van der Waals surface area contributed by atoms with E-state index < -0.39 is 21.7 Å². The lowest BCUT2D eigenvalue weighted by atomic mass is 10.1. The number of hydrogen-bond acceptors (Lipinski definition) is 3. The van der Waals surface area contributed by atoms with Crippen LogP contribution in [-0.4, -0.2) is 27.1 Å². The van der Waals surface area contributed by atoms with Gasteiger partial charge in [-0.25, -0.2) is 17.2 Å². The lowest BCUT2D eigenvalue weighted by Crippen LogP contribution is -2.33. The molecule has 2 rings (SSSR count). The molecule has 0 saturated heterocycles. The summed E-state index contributed by atoms with van der Waals surface area (Å²) >= 11 is 0. The van der Waals surface area contributed by atoms with Gasteiger partial charge < -0.3 is 5.32 Å². The number of anilines is 2. The number of aryl methyl sites for hydroxylation is 3. The van der Waals surface area contributed by atoms with E-state index in [1.165, 1.54) is 0 Å². The van der Waals surface area contributed by atoms with Crippen molar-refractivity contribution < 1.29 is 22.0 Å². The van der Waals surface area contributed by atoms with Crippen molar-refractivity contribution in [2.45, 2.75) is 27.2 Å². The number of nitrogens with zero attached hydrogens (tertiary/aromatic N) is 1. The Morgan fingerprint density at radius 2 is 1.63 bits per heavy atom. The van der Waals surface area contributed by atoms with E-state index in [2.05, 4.69) is 5.32 Å². The third kappa shape index (κ3) is 5.26. The second-order valence-electron chi connectivity index (χ2n) is 6.51. The summed E-state index contributed by atoms with van der Waals surface area (Å²) in [5, 5.41) is 2.79. The van der Waals surface area contributed by atoms with Crippen molar-refractivity contribution in [2.75, 3.05) is 22.4 Å². The Morgan fingerprint density at radius 3 is 2.15 bits per heavy atom. The summed E-state index contributed by atoms with van der Waals surface area (Å²) in [6.45, 7) is 5.51. The van der Waals surface area contributed by atoms with Crippen LogP contribution in [0.3, 0.4) is 0 Å². The van der Waals surface area contributed by atoms with Crippen LogP contribution < -0.4 is 9.62 Å². The third-order valence-corrected chi connectivity index (χ3v) is 5.27. The molecule has 8 heteroatoms. The van der Waals surface area contributed by atoms with Crippen LogP contribution in [0.2, 0.25) is 0 Å². The molecule has 0 saturated carbocycles. The minimum Gasteiger partial charge on any atom is -0.326 e. The molecule has 0 fully saturated rings. The summed E-state index contributed by atoms with van der Waals surface area (Å²) in [6, 6.07) is 6.68. The first kappa shape index (κ1) is 20.8. The van der Waals surface area contributed by atoms with Crippen molar-refractivity contribution in [3.63, 3.8) is 0 Å². The molecule has 1 N–H and O–H groups in total. The van der Waals surface area contributed by atoms with Gasteiger partial charge in [-0.15, -0.1) is 0 Å². The summed E-state index contributed by atoms with van der Waals surface area (Å²) < 4.78 is 51.5. The largest absolute Gasteiger partial charge is 0.326 e. The van der Waals surface area contributed by atoms with Crippen LogP contribution in [0.1, 0.15) is 23.1 Å². The molecule has 146 valence electrons. The molecule has 5 nitrogen and oxygen atoms in total. The van der Waals surface area contributed by atoms with Crippen molar-refractivity contribution in [2.24, 2.45) is 0 Å². The van der Waals surface area contributed by atoms with Crippen LogP contribution in [0.5, 0.6) is 0 Å². The summed E-state index contributed by atoms with van der Waals surface area (Å²) in [6.07, 6.45) is 0.805. The molecular weight excluding hydrogens is 374 g/mol. The number of benzene rings is 2. The summed E-state index contributed by atoms with van der Waals surface area (Å²) in [4.78, 5) is 12.3. The van der Waals surface area contributed by atoms with Crippen molar-refractivity contribution in [1.29, 1.82) is 0 Å². The third-order valence-electron chi connectivity index (χ3n) is 4.07. The molecule has 0 aromatic heterocycles. The van der Waals surface area contributed by atoms with Gasteiger partial charge in [-0.2, -0.15) is 0 Å². The molecule has 2 aromatic rings. The van der Waals surface area contributed by atoms with E-state index >= 15 is 0 Å². The molecule has 0 aliphatic carbocycles. The van der Waals surface area contributed by atoms with Gasteiger partial charge in [0.15, 0.2) is 11.6 Å². The average Bonchev–Trinajstić information content (AvgIpc) is 2.53. The Morgan fingerprint density at radius 1 is 1.04 bits per heavy atom. The van der Waals surface area contributed by atoms with Gasteiger partial charge in [-0.05, 0) is 44.0 Å². The summed E-state index contributed by atoms with van der Waals surface area (Å²) in [5.74, 6) is -2.60. The monoisotopic (exact) mass is 396 g/mol. The highest BCUT2D eigenvalue weighted by molar-refractivity contribution is 7.92. The second kappa shape index (κ2) is 8.04.